The van der Waals surface area contributed by atoms with Crippen molar-refractivity contribution in [2.45, 2.75) is 18.2 Å². The summed E-state index contributed by atoms with van der Waals surface area (Å²) in [6.07, 6.45) is 4.95. The molecule has 1 aromatic heterocycles. The van der Waals surface area contributed by atoms with Gasteiger partial charge in [-0.25, -0.2) is 0 Å². The van der Waals surface area contributed by atoms with Crippen LogP contribution in [0.3, 0.4) is 0 Å². The standard InChI is InChI=1S/C14H14ClN3O/c15-10-4-8-18(9-5-10)14(19)11-2-1-3-12-13(11)17-7-6-16-12/h1-3,6-7,10H,4-5,8-9H2. The molecule has 0 radical (unpaired) electrons. The molecule has 0 aliphatic carbocycles. The number of likely N-dealkylation sites (tertiary alicyclic amines) is 1. The first-order chi connectivity index (χ1) is 9.25. The number of piperidine rings is 1. The van der Waals surface area contributed by atoms with Crippen LogP contribution in [0.2, 0.25) is 0 Å². The molecular weight excluding hydrogens is 262 g/mol. The number of aromatic nitrogens is 2. The number of halogens is 1. The van der Waals surface area contributed by atoms with Crippen LogP contribution in [0.25, 0.3) is 11.0 Å². The van der Waals surface area contributed by atoms with Crippen LogP contribution in [-0.4, -0.2) is 39.2 Å². The first-order valence-electron chi connectivity index (χ1n) is 6.39. The van der Waals surface area contributed by atoms with Crippen LogP contribution in [0.5, 0.6) is 0 Å². The van der Waals surface area contributed by atoms with E-state index in [4.69, 9.17) is 11.6 Å². The van der Waals surface area contributed by atoms with Crippen LogP contribution in [0.4, 0.5) is 0 Å². The van der Waals surface area contributed by atoms with E-state index in [-0.39, 0.29) is 11.3 Å². The highest BCUT2D eigenvalue weighted by atomic mass is 35.5. The number of benzene rings is 1. The highest BCUT2D eigenvalue weighted by Gasteiger charge is 2.23. The Bertz CT molecular complexity index is 603. The molecule has 0 saturated carbocycles. The molecule has 1 amide bonds. The summed E-state index contributed by atoms with van der Waals surface area (Å²) in [5, 5.41) is 0.191. The average molecular weight is 276 g/mol. The first kappa shape index (κ1) is 12.4. The van der Waals surface area contributed by atoms with E-state index < -0.39 is 0 Å². The number of hydrogen-bond acceptors (Lipinski definition) is 3. The fourth-order valence-electron chi connectivity index (χ4n) is 2.39. The molecule has 1 aliphatic heterocycles. The Kier molecular flexibility index (Phi) is 3.34. The minimum absolute atomic E-state index is 0.0228. The van der Waals surface area contributed by atoms with Crippen molar-refractivity contribution in [1.29, 1.82) is 0 Å². The summed E-state index contributed by atoms with van der Waals surface area (Å²) in [6, 6.07) is 5.52. The summed E-state index contributed by atoms with van der Waals surface area (Å²) in [5.41, 5.74) is 2.04. The van der Waals surface area contributed by atoms with Crippen molar-refractivity contribution >= 4 is 28.5 Å². The van der Waals surface area contributed by atoms with Crippen LogP contribution in [0.15, 0.2) is 30.6 Å². The van der Waals surface area contributed by atoms with Crippen molar-refractivity contribution in [3.8, 4) is 0 Å². The molecule has 0 N–H and O–H groups in total. The zero-order chi connectivity index (χ0) is 13.2. The third-order valence-electron chi connectivity index (χ3n) is 3.44. The summed E-state index contributed by atoms with van der Waals surface area (Å²) < 4.78 is 0. The lowest BCUT2D eigenvalue weighted by molar-refractivity contribution is 0.0728. The molecule has 0 atom stereocenters. The van der Waals surface area contributed by atoms with E-state index in [9.17, 15) is 4.79 Å². The van der Waals surface area contributed by atoms with Gasteiger partial charge in [0, 0.05) is 30.9 Å². The zero-order valence-electron chi connectivity index (χ0n) is 10.4. The third-order valence-corrected chi connectivity index (χ3v) is 3.88. The number of alkyl halides is 1. The number of rotatable bonds is 1. The smallest absolute Gasteiger partial charge is 0.256 e. The largest absolute Gasteiger partial charge is 0.338 e. The Morgan fingerprint density at radius 1 is 1.21 bits per heavy atom. The molecule has 2 heterocycles. The molecule has 1 fully saturated rings. The van der Waals surface area contributed by atoms with Gasteiger partial charge in [-0.1, -0.05) is 6.07 Å². The molecular formula is C14H14ClN3O. The van der Waals surface area contributed by atoms with Crippen molar-refractivity contribution in [2.75, 3.05) is 13.1 Å². The van der Waals surface area contributed by atoms with Gasteiger partial charge < -0.3 is 4.90 Å². The number of amides is 1. The lowest BCUT2D eigenvalue weighted by atomic mass is 10.1. The molecule has 1 aromatic carbocycles. The van der Waals surface area contributed by atoms with Crippen molar-refractivity contribution in [1.82, 2.24) is 14.9 Å². The highest BCUT2D eigenvalue weighted by Crippen LogP contribution is 2.20. The Hall–Kier alpha value is -1.68. The SMILES string of the molecule is O=C(c1cccc2nccnc12)N1CCC(Cl)CC1. The lowest BCUT2D eigenvalue weighted by Gasteiger charge is -2.29. The topological polar surface area (TPSA) is 46.1 Å². The minimum Gasteiger partial charge on any atom is -0.338 e. The molecule has 0 spiro atoms. The van der Waals surface area contributed by atoms with E-state index in [0.717, 1.165) is 18.4 Å². The second kappa shape index (κ2) is 5.13. The third kappa shape index (κ3) is 2.40. The number of carbonyl (C=O) groups excluding carboxylic acids is 1. The molecule has 0 bridgehead atoms. The maximum atomic E-state index is 12.5. The van der Waals surface area contributed by atoms with Gasteiger partial charge in [0.1, 0.15) is 5.52 Å². The molecule has 1 aliphatic rings. The van der Waals surface area contributed by atoms with Gasteiger partial charge in [0.2, 0.25) is 0 Å². The van der Waals surface area contributed by atoms with Crippen molar-refractivity contribution in [3.05, 3.63) is 36.2 Å². The predicted molar refractivity (Wildman–Crippen MR) is 74.3 cm³/mol. The maximum Gasteiger partial charge on any atom is 0.256 e. The molecule has 5 heteroatoms. The number of hydrogen-bond donors (Lipinski definition) is 0. The van der Waals surface area contributed by atoms with Crippen LogP contribution >= 0.6 is 11.6 Å². The normalized spacial score (nSPS) is 16.8. The highest BCUT2D eigenvalue weighted by molar-refractivity contribution is 6.20. The second-order valence-electron chi connectivity index (χ2n) is 4.70. The summed E-state index contributed by atoms with van der Waals surface area (Å²) in [4.78, 5) is 22.9. The van der Waals surface area contributed by atoms with Crippen molar-refractivity contribution in [3.63, 3.8) is 0 Å². The van der Waals surface area contributed by atoms with Crippen molar-refractivity contribution in [2.24, 2.45) is 0 Å². The molecule has 98 valence electrons. The summed E-state index contributed by atoms with van der Waals surface area (Å²) >= 11 is 6.07. The number of carbonyl (C=O) groups is 1. The van der Waals surface area contributed by atoms with Crippen LogP contribution in [-0.2, 0) is 0 Å². The van der Waals surface area contributed by atoms with E-state index in [1.54, 1.807) is 12.4 Å². The lowest BCUT2D eigenvalue weighted by Crippen LogP contribution is -2.38. The first-order valence-corrected chi connectivity index (χ1v) is 6.82. The second-order valence-corrected chi connectivity index (χ2v) is 5.31. The van der Waals surface area contributed by atoms with Gasteiger partial charge in [-0.05, 0) is 25.0 Å². The van der Waals surface area contributed by atoms with E-state index in [1.807, 2.05) is 23.1 Å². The van der Waals surface area contributed by atoms with Crippen molar-refractivity contribution < 1.29 is 4.79 Å². The van der Waals surface area contributed by atoms with Crippen LogP contribution < -0.4 is 0 Å². The van der Waals surface area contributed by atoms with E-state index in [2.05, 4.69) is 9.97 Å². The fraction of sp³-hybridized carbons (Fsp3) is 0.357. The molecule has 19 heavy (non-hydrogen) atoms. The van der Waals surface area contributed by atoms with Gasteiger partial charge in [-0.15, -0.1) is 11.6 Å². The Balaban J connectivity index is 1.93. The fourth-order valence-corrected chi connectivity index (χ4v) is 2.58. The average Bonchev–Trinajstić information content (AvgIpc) is 2.47. The Morgan fingerprint density at radius 3 is 2.74 bits per heavy atom. The Morgan fingerprint density at radius 2 is 1.95 bits per heavy atom. The predicted octanol–water partition coefficient (Wildman–Crippen LogP) is 2.47. The van der Waals surface area contributed by atoms with Gasteiger partial charge in [0.25, 0.3) is 5.91 Å². The molecule has 4 nitrogen and oxygen atoms in total. The van der Waals surface area contributed by atoms with Crippen LogP contribution in [0, 0.1) is 0 Å². The summed E-state index contributed by atoms with van der Waals surface area (Å²) in [5.74, 6) is 0.0228. The van der Waals surface area contributed by atoms with Gasteiger partial charge >= 0.3 is 0 Å². The minimum atomic E-state index is 0.0228. The van der Waals surface area contributed by atoms with Gasteiger partial charge in [-0.3, -0.25) is 14.8 Å². The van der Waals surface area contributed by atoms with E-state index >= 15 is 0 Å². The Labute approximate surface area is 116 Å². The maximum absolute atomic E-state index is 12.5. The van der Waals surface area contributed by atoms with Gasteiger partial charge in [0.15, 0.2) is 0 Å². The number of nitrogens with zero attached hydrogens (tertiary/aromatic N) is 3. The summed E-state index contributed by atoms with van der Waals surface area (Å²) in [7, 11) is 0. The quantitative estimate of drug-likeness (QED) is 0.751. The number of fused-ring (bicyclic) bond motifs is 1. The molecule has 0 unspecified atom stereocenters. The molecule has 3 rings (SSSR count). The summed E-state index contributed by atoms with van der Waals surface area (Å²) in [6.45, 7) is 1.42. The molecule has 1 saturated heterocycles. The van der Waals surface area contributed by atoms with Gasteiger partial charge in [0.05, 0.1) is 11.1 Å². The zero-order valence-corrected chi connectivity index (χ0v) is 11.2. The molecule has 2 aromatic rings. The van der Waals surface area contributed by atoms with Gasteiger partial charge in [-0.2, -0.15) is 0 Å². The monoisotopic (exact) mass is 275 g/mol. The van der Waals surface area contributed by atoms with E-state index in [1.165, 1.54) is 0 Å². The van der Waals surface area contributed by atoms with E-state index in [0.29, 0.717) is 24.2 Å². The number of para-hydroxylation sites is 1. The van der Waals surface area contributed by atoms with Crippen LogP contribution in [0.1, 0.15) is 23.2 Å².